The van der Waals surface area contributed by atoms with E-state index >= 15 is 0 Å². The minimum absolute atomic E-state index is 0.567. The molecule has 0 aliphatic carbocycles. The number of fused-ring (bicyclic) bond motifs is 1. The summed E-state index contributed by atoms with van der Waals surface area (Å²) in [5.74, 6) is 1.35. The maximum atomic E-state index is 5.96. The van der Waals surface area contributed by atoms with Crippen molar-refractivity contribution in [3.63, 3.8) is 0 Å². The van der Waals surface area contributed by atoms with Crippen LogP contribution in [0.4, 0.5) is 5.82 Å². The Morgan fingerprint density at radius 1 is 1.40 bits per heavy atom. The molecule has 1 aromatic carbocycles. The highest BCUT2D eigenvalue weighted by molar-refractivity contribution is 5.90. The van der Waals surface area contributed by atoms with Crippen LogP contribution in [0.5, 0.6) is 5.75 Å². The number of ether oxygens (including phenoxy) is 1. The van der Waals surface area contributed by atoms with Crippen molar-refractivity contribution < 1.29 is 4.74 Å². The fraction of sp³-hybridized carbons (Fsp3) is 0.286. The minimum Gasteiger partial charge on any atom is -0.497 e. The Morgan fingerprint density at radius 2 is 2.25 bits per heavy atom. The summed E-state index contributed by atoms with van der Waals surface area (Å²) in [6, 6.07) is 7.72. The third-order valence-corrected chi connectivity index (χ3v) is 3.27. The van der Waals surface area contributed by atoms with Crippen molar-refractivity contribution in [2.75, 3.05) is 12.8 Å². The van der Waals surface area contributed by atoms with Crippen LogP contribution >= 0.6 is 0 Å². The van der Waals surface area contributed by atoms with Gasteiger partial charge in [0.25, 0.3) is 0 Å². The second kappa shape index (κ2) is 4.88. The SMILES string of the molecule is CCCc1nn(-c2cccc(OC)c2)c2n[nH]c(N)c12. The third-order valence-electron chi connectivity index (χ3n) is 3.27. The lowest BCUT2D eigenvalue weighted by atomic mass is 10.2. The topological polar surface area (TPSA) is 81.8 Å². The van der Waals surface area contributed by atoms with E-state index in [9.17, 15) is 0 Å². The molecule has 0 fully saturated rings. The minimum atomic E-state index is 0.567. The lowest BCUT2D eigenvalue weighted by Crippen LogP contribution is -1.99. The first-order chi connectivity index (χ1) is 9.74. The van der Waals surface area contributed by atoms with Crippen molar-refractivity contribution in [2.24, 2.45) is 0 Å². The lowest BCUT2D eigenvalue weighted by Gasteiger charge is -2.04. The van der Waals surface area contributed by atoms with Crippen LogP contribution in [0.1, 0.15) is 19.0 Å². The van der Waals surface area contributed by atoms with Crippen molar-refractivity contribution in [2.45, 2.75) is 19.8 Å². The monoisotopic (exact) mass is 271 g/mol. The van der Waals surface area contributed by atoms with Crippen LogP contribution in [0.2, 0.25) is 0 Å². The highest BCUT2D eigenvalue weighted by Gasteiger charge is 2.17. The van der Waals surface area contributed by atoms with Gasteiger partial charge in [0.15, 0.2) is 5.65 Å². The average Bonchev–Trinajstić information content (AvgIpc) is 3.02. The number of nitrogen functional groups attached to an aromatic ring is 1. The molecule has 3 rings (SSSR count). The van der Waals surface area contributed by atoms with Gasteiger partial charge < -0.3 is 10.5 Å². The molecule has 0 radical (unpaired) electrons. The van der Waals surface area contributed by atoms with Gasteiger partial charge in [-0.1, -0.05) is 19.4 Å². The maximum Gasteiger partial charge on any atom is 0.186 e. The molecule has 2 heterocycles. The zero-order chi connectivity index (χ0) is 14.1. The number of aromatic amines is 1. The second-order valence-corrected chi connectivity index (χ2v) is 4.65. The molecular formula is C14H17N5O. The van der Waals surface area contributed by atoms with Gasteiger partial charge in [0.2, 0.25) is 0 Å². The number of nitrogens with two attached hydrogens (primary N) is 1. The van der Waals surface area contributed by atoms with Crippen LogP contribution in [0.25, 0.3) is 16.7 Å². The molecule has 0 saturated carbocycles. The number of methoxy groups -OCH3 is 1. The largest absolute Gasteiger partial charge is 0.497 e. The van der Waals surface area contributed by atoms with Gasteiger partial charge in [-0.05, 0) is 18.6 Å². The third kappa shape index (κ3) is 1.89. The quantitative estimate of drug-likeness (QED) is 0.762. The van der Waals surface area contributed by atoms with E-state index in [1.807, 2.05) is 24.3 Å². The smallest absolute Gasteiger partial charge is 0.186 e. The van der Waals surface area contributed by atoms with Gasteiger partial charge in [0, 0.05) is 6.07 Å². The van der Waals surface area contributed by atoms with E-state index in [4.69, 9.17) is 10.5 Å². The summed E-state index contributed by atoms with van der Waals surface area (Å²) in [6.07, 6.45) is 1.88. The molecule has 6 heteroatoms. The van der Waals surface area contributed by atoms with Crippen LogP contribution in [-0.2, 0) is 6.42 Å². The molecule has 0 aliphatic heterocycles. The molecule has 0 bridgehead atoms. The molecule has 0 atom stereocenters. The fourth-order valence-corrected chi connectivity index (χ4v) is 2.34. The summed E-state index contributed by atoms with van der Waals surface area (Å²) >= 11 is 0. The van der Waals surface area contributed by atoms with Crippen LogP contribution in [0.3, 0.4) is 0 Å². The van der Waals surface area contributed by atoms with Crippen LogP contribution < -0.4 is 10.5 Å². The summed E-state index contributed by atoms with van der Waals surface area (Å²) in [5.41, 5.74) is 8.58. The van der Waals surface area contributed by atoms with E-state index in [-0.39, 0.29) is 0 Å². The molecule has 3 N–H and O–H groups in total. The molecule has 20 heavy (non-hydrogen) atoms. The number of rotatable bonds is 4. The maximum absolute atomic E-state index is 5.96. The lowest BCUT2D eigenvalue weighted by molar-refractivity contribution is 0.414. The summed E-state index contributed by atoms with van der Waals surface area (Å²) in [4.78, 5) is 0. The zero-order valence-corrected chi connectivity index (χ0v) is 11.6. The average molecular weight is 271 g/mol. The molecule has 6 nitrogen and oxygen atoms in total. The Hall–Kier alpha value is -2.50. The van der Waals surface area contributed by atoms with E-state index in [2.05, 4.69) is 22.2 Å². The molecule has 3 aromatic rings. The number of hydrogen-bond acceptors (Lipinski definition) is 4. The standard InChI is InChI=1S/C14H17N5O/c1-3-5-11-12-13(15)16-17-14(12)19(18-11)9-6-4-7-10(8-9)20-2/h4,6-8H,3,5H2,1-2H3,(H3,15,16,17). The van der Waals surface area contributed by atoms with Gasteiger partial charge in [-0.2, -0.15) is 10.2 Å². The second-order valence-electron chi connectivity index (χ2n) is 4.65. The van der Waals surface area contributed by atoms with Gasteiger partial charge >= 0.3 is 0 Å². The van der Waals surface area contributed by atoms with Crippen LogP contribution in [-0.4, -0.2) is 27.1 Å². The summed E-state index contributed by atoms with van der Waals surface area (Å²) < 4.78 is 7.06. The fourth-order valence-electron chi connectivity index (χ4n) is 2.34. The van der Waals surface area contributed by atoms with Gasteiger partial charge in [-0.3, -0.25) is 5.10 Å². The molecular weight excluding hydrogens is 254 g/mol. The number of hydrogen-bond donors (Lipinski definition) is 2. The Bertz CT molecular complexity index is 743. The van der Waals surface area contributed by atoms with Gasteiger partial charge in [0.05, 0.1) is 23.9 Å². The molecule has 0 aliphatic rings. The van der Waals surface area contributed by atoms with E-state index < -0.39 is 0 Å². The molecule has 104 valence electrons. The molecule has 0 unspecified atom stereocenters. The first-order valence-electron chi connectivity index (χ1n) is 6.60. The van der Waals surface area contributed by atoms with E-state index in [0.29, 0.717) is 5.82 Å². The molecule has 0 saturated heterocycles. The predicted octanol–water partition coefficient (Wildman–Crippen LogP) is 2.29. The van der Waals surface area contributed by atoms with Gasteiger partial charge in [-0.25, -0.2) is 4.68 Å². The molecule has 0 amide bonds. The van der Waals surface area contributed by atoms with Crippen molar-refractivity contribution in [1.82, 2.24) is 20.0 Å². The summed E-state index contributed by atoms with van der Waals surface area (Å²) in [5, 5.41) is 12.6. The number of aromatic nitrogens is 4. The Balaban J connectivity index is 2.20. The van der Waals surface area contributed by atoms with E-state index in [1.165, 1.54) is 0 Å². The Morgan fingerprint density at radius 3 is 3.00 bits per heavy atom. The predicted molar refractivity (Wildman–Crippen MR) is 78.2 cm³/mol. The molecule has 0 spiro atoms. The number of H-pyrrole nitrogens is 1. The van der Waals surface area contributed by atoms with Gasteiger partial charge in [-0.15, -0.1) is 0 Å². The highest BCUT2D eigenvalue weighted by atomic mass is 16.5. The van der Waals surface area contributed by atoms with Crippen molar-refractivity contribution in [3.8, 4) is 11.4 Å². The van der Waals surface area contributed by atoms with Crippen molar-refractivity contribution in [1.29, 1.82) is 0 Å². The number of benzene rings is 1. The van der Waals surface area contributed by atoms with E-state index in [1.54, 1.807) is 11.8 Å². The highest BCUT2D eigenvalue weighted by Crippen LogP contribution is 2.26. The number of anilines is 1. The number of aryl methyl sites for hydroxylation is 1. The summed E-state index contributed by atoms with van der Waals surface area (Å²) in [6.45, 7) is 2.12. The number of nitrogens with zero attached hydrogens (tertiary/aromatic N) is 3. The van der Waals surface area contributed by atoms with Crippen LogP contribution in [0.15, 0.2) is 24.3 Å². The molecule has 2 aromatic heterocycles. The zero-order valence-electron chi connectivity index (χ0n) is 11.6. The normalized spacial score (nSPS) is 11.1. The van der Waals surface area contributed by atoms with Crippen molar-refractivity contribution in [3.05, 3.63) is 30.0 Å². The number of nitrogens with one attached hydrogen (secondary N) is 1. The summed E-state index contributed by atoms with van der Waals surface area (Å²) in [7, 11) is 1.65. The van der Waals surface area contributed by atoms with Crippen molar-refractivity contribution >= 4 is 16.9 Å². The first-order valence-corrected chi connectivity index (χ1v) is 6.60. The Kier molecular flexibility index (Phi) is 3.06. The first kappa shape index (κ1) is 12.5. The van der Waals surface area contributed by atoms with Gasteiger partial charge in [0.1, 0.15) is 11.6 Å². The van der Waals surface area contributed by atoms with E-state index in [0.717, 1.165) is 41.0 Å². The Labute approximate surface area is 116 Å². The van der Waals surface area contributed by atoms with Crippen LogP contribution in [0, 0.1) is 0 Å².